The highest BCUT2D eigenvalue weighted by atomic mass is 28.4. The molecule has 0 amide bonds. The number of fused-ring (bicyclic) bond motifs is 1. The lowest BCUT2D eigenvalue weighted by molar-refractivity contribution is -0.121. The number of carbonyl (C=O) groups is 1. The number of ketones is 1. The number of carbonyl (C=O) groups excluding carboxylic acids is 1. The van der Waals surface area contributed by atoms with E-state index in [1.807, 2.05) is 0 Å². The van der Waals surface area contributed by atoms with Crippen LogP contribution in [0.25, 0.3) is 0 Å². The van der Waals surface area contributed by atoms with Gasteiger partial charge in [-0.1, -0.05) is 20.8 Å². The van der Waals surface area contributed by atoms with Gasteiger partial charge in [-0.3, -0.25) is 4.79 Å². The zero-order chi connectivity index (χ0) is 11.4. The standard InChI is InChI=1S/C11H20O3Si/c1-11(2,3)15(4,5)14-8-6-7(12)9-10(8)13-9/h8-10H,6H2,1-5H3/t8-,9-,10+/m1/s1. The molecule has 0 N–H and O–H groups in total. The molecular formula is C11H20O3Si. The number of ether oxygens (including phenoxy) is 1. The molecular weight excluding hydrogens is 208 g/mol. The fraction of sp³-hybridized carbons (Fsp3) is 0.909. The van der Waals surface area contributed by atoms with Crippen molar-refractivity contribution in [2.24, 2.45) is 0 Å². The van der Waals surface area contributed by atoms with E-state index in [9.17, 15) is 4.79 Å². The van der Waals surface area contributed by atoms with E-state index < -0.39 is 8.32 Å². The minimum atomic E-state index is -1.75. The smallest absolute Gasteiger partial charge is 0.192 e. The first-order valence-corrected chi connectivity index (χ1v) is 8.49. The molecule has 0 aromatic heterocycles. The average Bonchev–Trinajstić information content (AvgIpc) is 2.73. The van der Waals surface area contributed by atoms with E-state index in [0.717, 1.165) is 0 Å². The third-order valence-electron chi connectivity index (χ3n) is 3.86. The van der Waals surface area contributed by atoms with Crippen molar-refractivity contribution < 1.29 is 14.0 Å². The minimum absolute atomic E-state index is 0.0309. The van der Waals surface area contributed by atoms with Gasteiger partial charge in [-0.25, -0.2) is 0 Å². The van der Waals surface area contributed by atoms with Crippen LogP contribution in [0.2, 0.25) is 18.1 Å². The first-order valence-electron chi connectivity index (χ1n) is 5.58. The van der Waals surface area contributed by atoms with Gasteiger partial charge in [0.25, 0.3) is 0 Å². The molecule has 1 aliphatic heterocycles. The van der Waals surface area contributed by atoms with E-state index in [-0.39, 0.29) is 29.1 Å². The van der Waals surface area contributed by atoms with Gasteiger partial charge in [-0.2, -0.15) is 0 Å². The van der Waals surface area contributed by atoms with Crippen molar-refractivity contribution in [2.75, 3.05) is 0 Å². The SMILES string of the molecule is CC(C)(C)[Si](C)(C)O[C@@H]1CC(=O)[C@H]2O[C@H]21. The second-order valence-electron chi connectivity index (χ2n) is 6.11. The Bertz CT molecular complexity index is 293. The van der Waals surface area contributed by atoms with Crippen molar-refractivity contribution >= 4 is 14.1 Å². The highest BCUT2D eigenvalue weighted by Crippen LogP contribution is 2.43. The number of Topliss-reactive ketones (excluding diaryl/α,β-unsaturated/α-hetero) is 1. The highest BCUT2D eigenvalue weighted by Gasteiger charge is 2.58. The molecule has 1 heterocycles. The summed E-state index contributed by atoms with van der Waals surface area (Å²) in [5, 5.41) is 0.197. The Labute approximate surface area is 92.3 Å². The van der Waals surface area contributed by atoms with Gasteiger partial charge in [0.05, 0.1) is 6.10 Å². The molecule has 1 saturated heterocycles. The Balaban J connectivity index is 2.01. The Morgan fingerprint density at radius 2 is 2.00 bits per heavy atom. The Morgan fingerprint density at radius 3 is 2.33 bits per heavy atom. The summed E-state index contributed by atoms with van der Waals surface area (Å²) in [5.74, 6) is 0.226. The van der Waals surface area contributed by atoms with Crippen LogP contribution >= 0.6 is 0 Å². The molecule has 0 bridgehead atoms. The predicted molar refractivity (Wildman–Crippen MR) is 60.4 cm³/mol. The van der Waals surface area contributed by atoms with Crippen molar-refractivity contribution in [1.29, 1.82) is 0 Å². The molecule has 86 valence electrons. The topological polar surface area (TPSA) is 38.8 Å². The summed E-state index contributed by atoms with van der Waals surface area (Å²) in [7, 11) is -1.75. The Kier molecular flexibility index (Phi) is 2.37. The van der Waals surface area contributed by atoms with Gasteiger partial charge < -0.3 is 9.16 Å². The van der Waals surface area contributed by atoms with Crippen LogP contribution in [-0.2, 0) is 14.0 Å². The van der Waals surface area contributed by atoms with Crippen LogP contribution in [0.1, 0.15) is 27.2 Å². The summed E-state index contributed by atoms with van der Waals surface area (Å²) < 4.78 is 11.5. The Morgan fingerprint density at radius 1 is 1.40 bits per heavy atom. The molecule has 4 heteroatoms. The van der Waals surface area contributed by atoms with Crippen molar-refractivity contribution in [2.45, 2.75) is 63.6 Å². The third kappa shape index (κ3) is 1.90. The monoisotopic (exact) mass is 228 g/mol. The fourth-order valence-electron chi connectivity index (χ4n) is 1.76. The van der Waals surface area contributed by atoms with E-state index >= 15 is 0 Å². The highest BCUT2D eigenvalue weighted by molar-refractivity contribution is 6.74. The summed E-state index contributed by atoms with van der Waals surface area (Å²) in [5.41, 5.74) is 0. The average molecular weight is 228 g/mol. The zero-order valence-corrected chi connectivity index (χ0v) is 11.2. The molecule has 1 saturated carbocycles. The lowest BCUT2D eigenvalue weighted by Gasteiger charge is -2.38. The summed E-state index contributed by atoms with van der Waals surface area (Å²) in [6.45, 7) is 11.1. The third-order valence-corrected chi connectivity index (χ3v) is 8.37. The second kappa shape index (κ2) is 3.15. The van der Waals surface area contributed by atoms with Gasteiger partial charge in [0.2, 0.25) is 0 Å². The zero-order valence-electron chi connectivity index (χ0n) is 10.2. The molecule has 15 heavy (non-hydrogen) atoms. The van der Waals surface area contributed by atoms with Gasteiger partial charge in [0, 0.05) is 6.42 Å². The van der Waals surface area contributed by atoms with Crippen molar-refractivity contribution in [3.63, 3.8) is 0 Å². The van der Waals surface area contributed by atoms with Gasteiger partial charge in [-0.15, -0.1) is 0 Å². The normalized spacial score (nSPS) is 35.5. The lowest BCUT2D eigenvalue weighted by atomic mass is 10.2. The molecule has 0 aromatic carbocycles. The number of rotatable bonds is 2. The Hall–Kier alpha value is -0.193. The van der Waals surface area contributed by atoms with Crippen LogP contribution in [0.5, 0.6) is 0 Å². The second-order valence-corrected chi connectivity index (χ2v) is 10.9. The molecule has 2 aliphatic rings. The largest absolute Gasteiger partial charge is 0.411 e. The molecule has 3 atom stereocenters. The molecule has 0 radical (unpaired) electrons. The quantitative estimate of drug-likeness (QED) is 0.537. The van der Waals surface area contributed by atoms with Crippen molar-refractivity contribution in [3.05, 3.63) is 0 Å². The summed E-state index contributed by atoms with van der Waals surface area (Å²) in [6, 6.07) is 0. The van der Waals surface area contributed by atoms with E-state index in [1.165, 1.54) is 0 Å². The van der Waals surface area contributed by atoms with Gasteiger partial charge in [0.1, 0.15) is 12.2 Å². The maximum absolute atomic E-state index is 11.4. The first kappa shape index (κ1) is 11.3. The molecule has 3 nitrogen and oxygen atoms in total. The van der Waals surface area contributed by atoms with Crippen LogP contribution in [0.3, 0.4) is 0 Å². The number of epoxide rings is 1. The van der Waals surface area contributed by atoms with Crippen LogP contribution in [0.15, 0.2) is 0 Å². The molecule has 0 aromatic rings. The number of hydrogen-bond donors (Lipinski definition) is 0. The van der Waals surface area contributed by atoms with E-state index in [4.69, 9.17) is 9.16 Å². The predicted octanol–water partition coefficient (Wildman–Crippen LogP) is 2.12. The minimum Gasteiger partial charge on any atom is -0.411 e. The molecule has 2 fully saturated rings. The summed E-state index contributed by atoms with van der Waals surface area (Å²) in [4.78, 5) is 11.4. The van der Waals surface area contributed by atoms with Gasteiger partial charge in [0.15, 0.2) is 14.1 Å². The van der Waals surface area contributed by atoms with E-state index in [1.54, 1.807) is 0 Å². The molecule has 1 aliphatic carbocycles. The maximum Gasteiger partial charge on any atom is 0.192 e. The fourth-order valence-corrected chi connectivity index (χ4v) is 3.09. The summed E-state index contributed by atoms with van der Waals surface area (Å²) in [6.07, 6.45) is 0.539. The molecule has 0 spiro atoms. The maximum atomic E-state index is 11.4. The van der Waals surface area contributed by atoms with Gasteiger partial charge in [-0.05, 0) is 18.1 Å². The van der Waals surface area contributed by atoms with Gasteiger partial charge >= 0.3 is 0 Å². The number of hydrogen-bond acceptors (Lipinski definition) is 3. The van der Waals surface area contributed by atoms with E-state index in [2.05, 4.69) is 33.9 Å². The first-order chi connectivity index (χ1) is 6.72. The molecule has 0 unspecified atom stereocenters. The lowest BCUT2D eigenvalue weighted by Crippen LogP contribution is -2.44. The van der Waals surface area contributed by atoms with Crippen LogP contribution in [0, 0.1) is 0 Å². The van der Waals surface area contributed by atoms with Crippen LogP contribution in [-0.4, -0.2) is 32.4 Å². The van der Waals surface area contributed by atoms with Crippen LogP contribution in [0.4, 0.5) is 0 Å². The van der Waals surface area contributed by atoms with Crippen molar-refractivity contribution in [1.82, 2.24) is 0 Å². The molecule has 2 rings (SSSR count). The van der Waals surface area contributed by atoms with Crippen LogP contribution < -0.4 is 0 Å². The van der Waals surface area contributed by atoms with Crippen molar-refractivity contribution in [3.8, 4) is 0 Å². The van der Waals surface area contributed by atoms with E-state index in [0.29, 0.717) is 6.42 Å². The summed E-state index contributed by atoms with van der Waals surface area (Å²) >= 11 is 0.